The summed E-state index contributed by atoms with van der Waals surface area (Å²) in [6, 6.07) is 8.56. The van der Waals surface area contributed by atoms with Crippen molar-refractivity contribution in [1.29, 1.82) is 0 Å². The van der Waals surface area contributed by atoms with Gasteiger partial charge in [-0.05, 0) is 37.5 Å². The Kier molecular flexibility index (Phi) is 7.75. The van der Waals surface area contributed by atoms with E-state index < -0.39 is 10.8 Å². The van der Waals surface area contributed by atoms with Crippen LogP contribution in [0.3, 0.4) is 0 Å². The van der Waals surface area contributed by atoms with E-state index in [2.05, 4.69) is 31.3 Å². The van der Waals surface area contributed by atoms with Crippen molar-refractivity contribution in [3.8, 4) is 5.75 Å². The second-order valence-corrected chi connectivity index (χ2v) is 6.40. The molecule has 1 aromatic rings. The van der Waals surface area contributed by atoms with Crippen LogP contribution in [0.2, 0.25) is 0 Å². The van der Waals surface area contributed by atoms with E-state index in [-0.39, 0.29) is 0 Å². The van der Waals surface area contributed by atoms with E-state index in [0.29, 0.717) is 6.04 Å². The molecule has 3 nitrogen and oxygen atoms in total. The third-order valence-corrected chi connectivity index (χ3v) is 3.67. The van der Waals surface area contributed by atoms with Gasteiger partial charge in [-0.15, -0.1) is 0 Å². The van der Waals surface area contributed by atoms with Crippen LogP contribution in [-0.4, -0.2) is 28.9 Å². The highest BCUT2D eigenvalue weighted by Gasteiger charge is 2.03. The summed E-state index contributed by atoms with van der Waals surface area (Å²) in [5.74, 6) is 1.69. The number of ether oxygens (including phenoxy) is 1. The lowest BCUT2D eigenvalue weighted by molar-refractivity contribution is 0.317. The van der Waals surface area contributed by atoms with Gasteiger partial charge < -0.3 is 10.1 Å². The zero-order valence-corrected chi connectivity index (χ0v) is 13.0. The van der Waals surface area contributed by atoms with Crippen molar-refractivity contribution in [1.82, 2.24) is 5.32 Å². The highest BCUT2D eigenvalue weighted by molar-refractivity contribution is 7.84. The number of hydrogen-bond acceptors (Lipinski definition) is 3. The van der Waals surface area contributed by atoms with E-state index in [9.17, 15) is 4.21 Å². The third kappa shape index (κ3) is 7.33. The quantitative estimate of drug-likeness (QED) is 0.757. The summed E-state index contributed by atoms with van der Waals surface area (Å²) in [6.45, 7) is 5.81. The molecule has 0 aliphatic carbocycles. The Bertz CT molecular complexity index is 395. The molecule has 0 saturated heterocycles. The molecule has 0 amide bonds. The van der Waals surface area contributed by atoms with Crippen LogP contribution in [0.5, 0.6) is 5.75 Å². The largest absolute Gasteiger partial charge is 0.494 e. The van der Waals surface area contributed by atoms with Crippen LogP contribution in [-0.2, 0) is 17.3 Å². The van der Waals surface area contributed by atoms with E-state index >= 15 is 0 Å². The number of nitrogens with one attached hydrogen (secondary N) is 1. The van der Waals surface area contributed by atoms with E-state index in [0.717, 1.165) is 37.5 Å². The molecule has 0 fully saturated rings. The molecule has 0 bridgehead atoms. The van der Waals surface area contributed by atoms with Gasteiger partial charge in [0.1, 0.15) is 5.75 Å². The van der Waals surface area contributed by atoms with E-state index in [1.165, 1.54) is 5.56 Å². The van der Waals surface area contributed by atoms with Crippen molar-refractivity contribution in [2.75, 3.05) is 18.6 Å². The Hall–Kier alpha value is -0.870. The minimum atomic E-state index is -0.702. The number of hydrogen-bond donors (Lipinski definition) is 1. The second kappa shape index (κ2) is 9.10. The second-order valence-electron chi connectivity index (χ2n) is 4.84. The van der Waals surface area contributed by atoms with Crippen LogP contribution in [0.4, 0.5) is 0 Å². The molecule has 0 aromatic heterocycles. The molecule has 0 aliphatic rings. The minimum Gasteiger partial charge on any atom is -0.494 e. The minimum absolute atomic E-state index is 0.379. The van der Waals surface area contributed by atoms with Crippen LogP contribution >= 0.6 is 0 Å². The van der Waals surface area contributed by atoms with Crippen LogP contribution in [0, 0.1) is 0 Å². The Morgan fingerprint density at radius 3 is 2.89 bits per heavy atom. The molecule has 0 aliphatic heterocycles. The van der Waals surface area contributed by atoms with Gasteiger partial charge in [-0.2, -0.15) is 0 Å². The molecule has 1 rings (SSSR count). The molecule has 4 heteroatoms. The summed E-state index contributed by atoms with van der Waals surface area (Å²) in [7, 11) is -0.702. The smallest absolute Gasteiger partial charge is 0.119 e. The maximum absolute atomic E-state index is 11.0. The molecule has 19 heavy (non-hydrogen) atoms. The lowest BCUT2D eigenvalue weighted by Crippen LogP contribution is -2.26. The Balaban J connectivity index is 2.37. The first-order chi connectivity index (χ1) is 9.11. The average molecular weight is 283 g/mol. The highest BCUT2D eigenvalue weighted by Crippen LogP contribution is 2.13. The van der Waals surface area contributed by atoms with Crippen LogP contribution in [0.15, 0.2) is 24.3 Å². The summed E-state index contributed by atoms with van der Waals surface area (Å²) in [4.78, 5) is 0. The monoisotopic (exact) mass is 283 g/mol. The lowest BCUT2D eigenvalue weighted by Gasteiger charge is -2.13. The molecule has 0 radical (unpaired) electrons. The molecule has 2 unspecified atom stereocenters. The van der Waals surface area contributed by atoms with E-state index in [4.69, 9.17) is 4.74 Å². The van der Waals surface area contributed by atoms with Gasteiger partial charge >= 0.3 is 0 Å². The molecular formula is C15H25NO2S. The lowest BCUT2D eigenvalue weighted by atomic mass is 10.2. The van der Waals surface area contributed by atoms with Gasteiger partial charge in [0.15, 0.2) is 0 Å². The highest BCUT2D eigenvalue weighted by atomic mass is 32.2. The Labute approximate surface area is 119 Å². The standard InChI is InChI=1S/C15H25NO2S/c1-4-9-18-15-7-5-6-14(11-15)12-16-13(2)8-10-19(3)17/h5-7,11,13,16H,4,8-10,12H2,1-3H3. The molecule has 0 heterocycles. The molecule has 108 valence electrons. The predicted molar refractivity (Wildman–Crippen MR) is 82.1 cm³/mol. The van der Waals surface area contributed by atoms with Gasteiger partial charge in [0, 0.05) is 35.4 Å². The average Bonchev–Trinajstić information content (AvgIpc) is 2.41. The first kappa shape index (κ1) is 16.2. The van der Waals surface area contributed by atoms with E-state index in [1.807, 2.05) is 12.1 Å². The van der Waals surface area contributed by atoms with E-state index in [1.54, 1.807) is 6.26 Å². The molecule has 0 saturated carbocycles. The van der Waals surface area contributed by atoms with Gasteiger partial charge in [0.05, 0.1) is 6.61 Å². The first-order valence-corrected chi connectivity index (χ1v) is 8.59. The van der Waals surface area contributed by atoms with Crippen molar-refractivity contribution in [3.63, 3.8) is 0 Å². The fourth-order valence-electron chi connectivity index (χ4n) is 1.70. The van der Waals surface area contributed by atoms with Crippen LogP contribution in [0.1, 0.15) is 32.3 Å². The summed E-state index contributed by atoms with van der Waals surface area (Å²) in [5.41, 5.74) is 1.22. The fraction of sp³-hybridized carbons (Fsp3) is 0.600. The SMILES string of the molecule is CCCOc1cccc(CNC(C)CCS(C)=O)c1. The topological polar surface area (TPSA) is 38.3 Å². The summed E-state index contributed by atoms with van der Waals surface area (Å²) < 4.78 is 16.6. The maximum atomic E-state index is 11.0. The number of rotatable bonds is 9. The van der Waals surface area contributed by atoms with Crippen molar-refractivity contribution in [2.45, 2.75) is 39.3 Å². The van der Waals surface area contributed by atoms with Crippen molar-refractivity contribution in [2.24, 2.45) is 0 Å². The zero-order chi connectivity index (χ0) is 14.1. The predicted octanol–water partition coefficient (Wildman–Crippen LogP) is 2.72. The molecule has 2 atom stereocenters. The van der Waals surface area contributed by atoms with Crippen LogP contribution < -0.4 is 10.1 Å². The number of benzene rings is 1. The normalized spacial score (nSPS) is 14.1. The van der Waals surface area contributed by atoms with Crippen molar-refractivity contribution >= 4 is 10.8 Å². The van der Waals surface area contributed by atoms with Crippen LogP contribution in [0.25, 0.3) is 0 Å². The summed E-state index contributed by atoms with van der Waals surface area (Å²) >= 11 is 0. The molecule has 0 spiro atoms. The van der Waals surface area contributed by atoms with Crippen molar-refractivity contribution in [3.05, 3.63) is 29.8 Å². The van der Waals surface area contributed by atoms with Gasteiger partial charge in [0.2, 0.25) is 0 Å². The van der Waals surface area contributed by atoms with Gasteiger partial charge in [-0.1, -0.05) is 19.1 Å². The first-order valence-electron chi connectivity index (χ1n) is 6.87. The van der Waals surface area contributed by atoms with Crippen molar-refractivity contribution < 1.29 is 8.95 Å². The third-order valence-electron chi connectivity index (χ3n) is 2.86. The maximum Gasteiger partial charge on any atom is 0.119 e. The van der Waals surface area contributed by atoms with Gasteiger partial charge in [-0.25, -0.2) is 0 Å². The molecule has 1 N–H and O–H groups in total. The Morgan fingerprint density at radius 1 is 1.42 bits per heavy atom. The molecular weight excluding hydrogens is 258 g/mol. The fourth-order valence-corrected chi connectivity index (χ4v) is 2.39. The van der Waals surface area contributed by atoms with Gasteiger partial charge in [0.25, 0.3) is 0 Å². The molecule has 1 aromatic carbocycles. The summed E-state index contributed by atoms with van der Waals surface area (Å²) in [6.07, 6.45) is 3.71. The summed E-state index contributed by atoms with van der Waals surface area (Å²) in [5, 5.41) is 3.45. The zero-order valence-electron chi connectivity index (χ0n) is 12.1. The van der Waals surface area contributed by atoms with Gasteiger partial charge in [-0.3, -0.25) is 4.21 Å². The Morgan fingerprint density at radius 2 is 2.21 bits per heavy atom.